The van der Waals surface area contributed by atoms with Crippen LogP contribution in [0, 0.1) is 0 Å². The predicted octanol–water partition coefficient (Wildman–Crippen LogP) is 3.95. The molecule has 0 unspecified atom stereocenters. The lowest BCUT2D eigenvalue weighted by atomic mass is 10.1. The van der Waals surface area contributed by atoms with Gasteiger partial charge in [0.05, 0.1) is 11.4 Å². The van der Waals surface area contributed by atoms with Gasteiger partial charge in [-0.05, 0) is 42.5 Å². The summed E-state index contributed by atoms with van der Waals surface area (Å²) in [4.78, 5) is 14.6. The monoisotopic (exact) mass is 384 g/mol. The molecule has 0 atom stereocenters. The molecule has 0 radical (unpaired) electrons. The number of carbonyl (C=O) groups is 1. The molecule has 1 aromatic heterocycles. The molecule has 3 aromatic rings. The molecule has 1 amide bonds. The van der Waals surface area contributed by atoms with Crippen LogP contribution in [0.3, 0.4) is 0 Å². The summed E-state index contributed by atoms with van der Waals surface area (Å²) in [6.07, 6.45) is 3.54. The average Bonchev–Trinajstić information content (AvgIpc) is 3.09. The second-order valence-corrected chi connectivity index (χ2v) is 6.43. The van der Waals surface area contributed by atoms with Gasteiger partial charge in [0.25, 0.3) is 5.91 Å². The van der Waals surface area contributed by atoms with Crippen LogP contribution in [0.1, 0.15) is 10.4 Å². The predicted molar refractivity (Wildman–Crippen MR) is 100.0 cm³/mol. The molecule has 0 aliphatic heterocycles. The number of carbonyl (C=O) groups excluding carboxylic acids is 1. The molecule has 0 saturated carbocycles. The molecule has 0 aliphatic rings. The Morgan fingerprint density at radius 1 is 1.17 bits per heavy atom. The van der Waals surface area contributed by atoms with E-state index in [9.17, 15) is 4.79 Å². The fourth-order valence-corrected chi connectivity index (χ4v) is 2.70. The zero-order chi connectivity index (χ0) is 17.1. The van der Waals surface area contributed by atoms with Crippen molar-refractivity contribution in [2.45, 2.75) is 0 Å². The Labute approximate surface area is 149 Å². The second-order valence-electron chi connectivity index (χ2n) is 5.51. The minimum absolute atomic E-state index is 0.162. The van der Waals surface area contributed by atoms with Crippen molar-refractivity contribution in [1.29, 1.82) is 0 Å². The summed E-state index contributed by atoms with van der Waals surface area (Å²) in [6, 6.07) is 15.0. The lowest BCUT2D eigenvalue weighted by molar-refractivity contribution is 0.102. The Bertz CT molecular complexity index is 859. The van der Waals surface area contributed by atoms with E-state index >= 15 is 0 Å². The summed E-state index contributed by atoms with van der Waals surface area (Å²) in [7, 11) is 3.89. The van der Waals surface area contributed by atoms with Gasteiger partial charge in [0.2, 0.25) is 0 Å². The van der Waals surface area contributed by atoms with Crippen molar-refractivity contribution < 1.29 is 4.79 Å². The van der Waals surface area contributed by atoms with E-state index in [1.165, 1.54) is 0 Å². The smallest absolute Gasteiger partial charge is 0.255 e. The van der Waals surface area contributed by atoms with Crippen molar-refractivity contribution in [3.8, 4) is 5.69 Å². The van der Waals surface area contributed by atoms with Gasteiger partial charge in [-0.2, -0.15) is 5.10 Å². The normalized spacial score (nSPS) is 10.5. The standard InChI is InChI=1S/C18H17BrN4O/c1-22(2)15-6-3-5-13(11-15)18(24)21-16-12-14(19)7-8-17(16)23-10-4-9-20-23/h3-12H,1-2H3,(H,21,24). The van der Waals surface area contributed by atoms with Crippen LogP contribution >= 0.6 is 15.9 Å². The number of rotatable bonds is 4. The first-order valence-corrected chi connectivity index (χ1v) is 8.22. The van der Waals surface area contributed by atoms with Crippen LogP contribution in [0.5, 0.6) is 0 Å². The number of halogens is 1. The summed E-state index contributed by atoms with van der Waals surface area (Å²) in [5, 5.41) is 7.21. The highest BCUT2D eigenvalue weighted by molar-refractivity contribution is 9.10. The molecule has 24 heavy (non-hydrogen) atoms. The van der Waals surface area contributed by atoms with E-state index in [1.807, 2.05) is 67.7 Å². The Morgan fingerprint density at radius 2 is 2.00 bits per heavy atom. The number of nitrogens with zero attached hydrogens (tertiary/aromatic N) is 3. The SMILES string of the molecule is CN(C)c1cccc(C(=O)Nc2cc(Br)ccc2-n2cccn2)c1. The number of nitrogens with one attached hydrogen (secondary N) is 1. The first-order chi connectivity index (χ1) is 11.5. The molecular formula is C18H17BrN4O. The van der Waals surface area contributed by atoms with Crippen LogP contribution in [0.4, 0.5) is 11.4 Å². The van der Waals surface area contributed by atoms with Gasteiger partial charge in [0.1, 0.15) is 0 Å². The van der Waals surface area contributed by atoms with Gasteiger partial charge in [-0.3, -0.25) is 4.79 Å². The van der Waals surface area contributed by atoms with E-state index in [0.717, 1.165) is 15.8 Å². The number of amides is 1. The van der Waals surface area contributed by atoms with Crippen LogP contribution < -0.4 is 10.2 Å². The van der Waals surface area contributed by atoms with Crippen LogP contribution in [-0.2, 0) is 0 Å². The molecule has 1 heterocycles. The number of anilines is 2. The van der Waals surface area contributed by atoms with Gasteiger partial charge in [-0.25, -0.2) is 4.68 Å². The van der Waals surface area contributed by atoms with E-state index in [-0.39, 0.29) is 5.91 Å². The van der Waals surface area contributed by atoms with Crippen LogP contribution in [0.2, 0.25) is 0 Å². The quantitative estimate of drug-likeness (QED) is 0.740. The first-order valence-electron chi connectivity index (χ1n) is 7.43. The van der Waals surface area contributed by atoms with Gasteiger partial charge >= 0.3 is 0 Å². The Hall–Kier alpha value is -2.60. The summed E-state index contributed by atoms with van der Waals surface area (Å²) in [5.41, 5.74) is 3.07. The van der Waals surface area contributed by atoms with E-state index in [2.05, 4.69) is 26.3 Å². The highest BCUT2D eigenvalue weighted by Gasteiger charge is 2.12. The van der Waals surface area contributed by atoms with Crippen molar-refractivity contribution in [1.82, 2.24) is 9.78 Å². The molecule has 0 saturated heterocycles. The molecule has 122 valence electrons. The number of hydrogen-bond acceptors (Lipinski definition) is 3. The number of aromatic nitrogens is 2. The molecule has 0 spiro atoms. The Balaban J connectivity index is 1.92. The average molecular weight is 385 g/mol. The van der Waals surface area contributed by atoms with E-state index in [4.69, 9.17) is 0 Å². The molecule has 2 aromatic carbocycles. The number of hydrogen-bond donors (Lipinski definition) is 1. The zero-order valence-corrected chi connectivity index (χ0v) is 15.0. The minimum atomic E-state index is -0.162. The molecule has 0 fully saturated rings. The fraction of sp³-hybridized carbons (Fsp3) is 0.111. The first kappa shape index (κ1) is 16.3. The van der Waals surface area contributed by atoms with Gasteiger partial charge in [0.15, 0.2) is 0 Å². The Kier molecular flexibility index (Phi) is 4.66. The highest BCUT2D eigenvalue weighted by Crippen LogP contribution is 2.25. The summed E-state index contributed by atoms with van der Waals surface area (Å²) in [5.74, 6) is -0.162. The molecule has 0 bridgehead atoms. The molecular weight excluding hydrogens is 368 g/mol. The second kappa shape index (κ2) is 6.88. The molecule has 5 nitrogen and oxygen atoms in total. The van der Waals surface area contributed by atoms with E-state index < -0.39 is 0 Å². The van der Waals surface area contributed by atoms with E-state index in [0.29, 0.717) is 11.3 Å². The van der Waals surface area contributed by atoms with Crippen molar-refractivity contribution >= 4 is 33.2 Å². The summed E-state index contributed by atoms with van der Waals surface area (Å²) < 4.78 is 2.61. The largest absolute Gasteiger partial charge is 0.378 e. The Morgan fingerprint density at radius 3 is 2.71 bits per heavy atom. The lowest BCUT2D eigenvalue weighted by Gasteiger charge is -2.15. The third-order valence-corrected chi connectivity index (χ3v) is 4.08. The van der Waals surface area contributed by atoms with Crippen molar-refractivity contribution in [3.05, 3.63) is 71.0 Å². The topological polar surface area (TPSA) is 50.2 Å². The molecule has 6 heteroatoms. The summed E-state index contributed by atoms with van der Waals surface area (Å²) >= 11 is 3.45. The van der Waals surface area contributed by atoms with Crippen molar-refractivity contribution in [3.63, 3.8) is 0 Å². The van der Waals surface area contributed by atoms with Gasteiger partial charge in [0, 0.05) is 42.2 Å². The van der Waals surface area contributed by atoms with Crippen LogP contribution in [0.15, 0.2) is 65.4 Å². The van der Waals surface area contributed by atoms with Crippen LogP contribution in [-0.4, -0.2) is 29.8 Å². The minimum Gasteiger partial charge on any atom is -0.378 e. The van der Waals surface area contributed by atoms with Gasteiger partial charge in [-0.1, -0.05) is 22.0 Å². The van der Waals surface area contributed by atoms with Gasteiger partial charge in [-0.15, -0.1) is 0 Å². The third-order valence-electron chi connectivity index (χ3n) is 3.58. The van der Waals surface area contributed by atoms with Crippen molar-refractivity contribution in [2.24, 2.45) is 0 Å². The third kappa shape index (κ3) is 3.49. The van der Waals surface area contributed by atoms with Gasteiger partial charge < -0.3 is 10.2 Å². The lowest BCUT2D eigenvalue weighted by Crippen LogP contribution is -2.15. The maximum absolute atomic E-state index is 12.6. The molecule has 0 aliphatic carbocycles. The maximum atomic E-state index is 12.6. The summed E-state index contributed by atoms with van der Waals surface area (Å²) in [6.45, 7) is 0. The van der Waals surface area contributed by atoms with Crippen LogP contribution in [0.25, 0.3) is 5.69 Å². The fourth-order valence-electron chi connectivity index (χ4n) is 2.34. The van der Waals surface area contributed by atoms with Crippen molar-refractivity contribution in [2.75, 3.05) is 24.3 Å². The molecule has 1 N–H and O–H groups in total. The van der Waals surface area contributed by atoms with E-state index in [1.54, 1.807) is 16.9 Å². The maximum Gasteiger partial charge on any atom is 0.255 e. The zero-order valence-electron chi connectivity index (χ0n) is 13.4. The molecule has 3 rings (SSSR count). The highest BCUT2D eigenvalue weighted by atomic mass is 79.9. The number of benzene rings is 2.